The Hall–Kier alpha value is -3.20. The average Bonchev–Trinajstić information content (AvgIpc) is 3.25. The molecule has 0 saturated carbocycles. The molecule has 3 aromatic carbocycles. The molecule has 0 aliphatic carbocycles. The zero-order valence-corrected chi connectivity index (χ0v) is 18.3. The minimum absolute atomic E-state index is 0.0298. The molecule has 0 radical (unpaired) electrons. The van der Waals surface area contributed by atoms with Crippen molar-refractivity contribution in [1.82, 2.24) is 4.90 Å². The lowest BCUT2D eigenvalue weighted by Gasteiger charge is -2.54. The van der Waals surface area contributed by atoms with Gasteiger partial charge in [-0.2, -0.15) is 0 Å². The van der Waals surface area contributed by atoms with E-state index in [9.17, 15) is 14.9 Å². The minimum atomic E-state index is -1.29. The SMILES string of the molecule is O=C1[C@H]2[C@@H](c3cccc([N+](=O)[O-])c3)O[C@@]3(O[C@H](c4ccccc4)CN13)S[C@H]2c1ccccc1. The predicted octanol–water partition coefficient (Wildman–Crippen LogP) is 4.98. The lowest BCUT2D eigenvalue weighted by atomic mass is 9.86. The van der Waals surface area contributed by atoms with Crippen molar-refractivity contribution in [1.29, 1.82) is 0 Å². The number of carbonyl (C=O) groups is 1. The van der Waals surface area contributed by atoms with E-state index >= 15 is 0 Å². The molecule has 4 heterocycles. The lowest BCUT2D eigenvalue weighted by molar-refractivity contribution is -0.385. The molecule has 4 aliphatic heterocycles. The largest absolute Gasteiger partial charge is 0.315 e. The lowest BCUT2D eigenvalue weighted by Crippen LogP contribution is -2.62. The summed E-state index contributed by atoms with van der Waals surface area (Å²) in [5.74, 6) is -0.580. The van der Waals surface area contributed by atoms with Gasteiger partial charge in [0, 0.05) is 12.1 Å². The van der Waals surface area contributed by atoms with Crippen molar-refractivity contribution in [3.8, 4) is 0 Å². The first kappa shape index (κ1) is 20.4. The van der Waals surface area contributed by atoms with Gasteiger partial charge < -0.3 is 9.47 Å². The normalized spacial score (nSPS) is 30.3. The Morgan fingerprint density at radius 1 is 0.909 bits per heavy atom. The Kier molecular flexibility index (Phi) is 4.76. The van der Waals surface area contributed by atoms with Crippen LogP contribution >= 0.6 is 11.8 Å². The standard InChI is InChI=1S/C25H20N2O5S/c28-24-21-22(18-12-7-13-19(14-18)27(29)30)32-25(33-23(21)17-10-5-2-6-11-17)26(24)15-20(31-25)16-8-3-1-4-9-16/h1-14,20-23H,15H2/t20-,21-,22+,23-,25+/m0/s1. The molecular weight excluding hydrogens is 440 g/mol. The van der Waals surface area contributed by atoms with E-state index in [-0.39, 0.29) is 22.9 Å². The van der Waals surface area contributed by atoms with E-state index < -0.39 is 22.2 Å². The van der Waals surface area contributed by atoms with Crippen molar-refractivity contribution < 1.29 is 19.2 Å². The Morgan fingerprint density at radius 3 is 2.27 bits per heavy atom. The van der Waals surface area contributed by atoms with Crippen LogP contribution < -0.4 is 0 Å². The Bertz CT molecular complexity index is 1220. The number of carbonyl (C=O) groups excluding carboxylic acids is 1. The van der Waals surface area contributed by atoms with Crippen molar-refractivity contribution in [3.63, 3.8) is 0 Å². The highest BCUT2D eigenvalue weighted by Gasteiger charge is 2.67. The van der Waals surface area contributed by atoms with Crippen molar-refractivity contribution in [2.75, 3.05) is 6.54 Å². The summed E-state index contributed by atoms with van der Waals surface area (Å²) in [6.07, 6.45) is -0.976. The fourth-order valence-corrected chi connectivity index (χ4v) is 6.55. The first-order valence-electron chi connectivity index (χ1n) is 10.7. The van der Waals surface area contributed by atoms with E-state index in [1.807, 2.05) is 60.7 Å². The maximum absolute atomic E-state index is 13.8. The number of amides is 1. The van der Waals surface area contributed by atoms with Gasteiger partial charge in [-0.3, -0.25) is 19.8 Å². The van der Waals surface area contributed by atoms with Gasteiger partial charge in [-0.25, -0.2) is 0 Å². The third-order valence-electron chi connectivity index (χ3n) is 6.43. The van der Waals surface area contributed by atoms with Crippen LogP contribution in [0.1, 0.15) is 34.1 Å². The summed E-state index contributed by atoms with van der Waals surface area (Å²) < 4.78 is 13.0. The van der Waals surface area contributed by atoms with Crippen LogP contribution in [0.4, 0.5) is 5.69 Å². The topological polar surface area (TPSA) is 81.9 Å². The Morgan fingerprint density at radius 2 is 1.58 bits per heavy atom. The molecule has 33 heavy (non-hydrogen) atoms. The third kappa shape index (κ3) is 3.25. The number of non-ortho nitro benzene ring substituents is 1. The first-order chi connectivity index (χ1) is 16.1. The van der Waals surface area contributed by atoms with Crippen molar-refractivity contribution >= 4 is 23.4 Å². The number of nitro groups is 1. The number of nitro benzene ring substituents is 1. The molecule has 5 atom stereocenters. The maximum atomic E-state index is 13.8. The first-order valence-corrected chi connectivity index (χ1v) is 11.6. The van der Waals surface area contributed by atoms with Crippen LogP contribution in [-0.4, -0.2) is 27.5 Å². The minimum Gasteiger partial charge on any atom is -0.315 e. The van der Waals surface area contributed by atoms with Gasteiger partial charge in [0.2, 0.25) is 5.91 Å². The van der Waals surface area contributed by atoms with E-state index in [1.54, 1.807) is 17.0 Å². The summed E-state index contributed by atoms with van der Waals surface area (Å²) in [6, 6.07) is 26.0. The number of benzene rings is 3. The van der Waals surface area contributed by atoms with Gasteiger partial charge in [0.05, 0.1) is 22.6 Å². The molecule has 1 amide bonds. The fourth-order valence-electron chi connectivity index (χ4n) is 4.91. The molecule has 4 saturated heterocycles. The van der Waals surface area contributed by atoms with Gasteiger partial charge in [-0.05, 0) is 16.7 Å². The number of hydrogen-bond acceptors (Lipinski definition) is 6. The number of nitrogens with zero attached hydrogens (tertiary/aromatic N) is 2. The van der Waals surface area contributed by atoms with Crippen LogP contribution in [0.3, 0.4) is 0 Å². The van der Waals surface area contributed by atoms with Crippen LogP contribution in [0.25, 0.3) is 0 Å². The number of rotatable bonds is 4. The number of ether oxygens (including phenoxy) is 2. The molecular formula is C25H20N2O5S. The smallest absolute Gasteiger partial charge is 0.309 e. The van der Waals surface area contributed by atoms with Gasteiger partial charge in [-0.1, -0.05) is 84.6 Å². The van der Waals surface area contributed by atoms with Crippen molar-refractivity contribution in [2.45, 2.75) is 22.7 Å². The quantitative estimate of drug-likeness (QED) is 0.403. The number of fused-ring (bicyclic) bond motifs is 2. The van der Waals surface area contributed by atoms with Crippen molar-refractivity contribution in [2.24, 2.45) is 5.92 Å². The molecule has 7 nitrogen and oxygen atoms in total. The molecule has 1 spiro atoms. The molecule has 4 fully saturated rings. The molecule has 7 rings (SSSR count). The molecule has 0 N–H and O–H groups in total. The van der Waals surface area contributed by atoms with Crippen LogP contribution in [0.15, 0.2) is 84.9 Å². The van der Waals surface area contributed by atoms with E-state index in [1.165, 1.54) is 23.9 Å². The molecule has 0 aromatic heterocycles. The molecule has 166 valence electrons. The summed E-state index contributed by atoms with van der Waals surface area (Å²) in [4.78, 5) is 26.5. The van der Waals surface area contributed by atoms with E-state index in [0.717, 1.165) is 11.1 Å². The maximum Gasteiger partial charge on any atom is 0.309 e. The zero-order chi connectivity index (χ0) is 22.6. The number of hydrogen-bond donors (Lipinski definition) is 0. The summed E-state index contributed by atoms with van der Waals surface area (Å²) in [6.45, 7) is 0.398. The highest BCUT2D eigenvalue weighted by atomic mass is 32.2. The second-order valence-corrected chi connectivity index (χ2v) is 9.61. The number of thioether (sulfide) groups is 1. The molecule has 2 bridgehead atoms. The van der Waals surface area contributed by atoms with Gasteiger partial charge in [0.25, 0.3) is 5.69 Å². The van der Waals surface area contributed by atoms with E-state index in [4.69, 9.17) is 9.47 Å². The second kappa shape index (κ2) is 7.69. The fraction of sp³-hybridized carbons (Fsp3) is 0.240. The van der Waals surface area contributed by atoms with Gasteiger partial charge in [-0.15, -0.1) is 0 Å². The van der Waals surface area contributed by atoms with Crippen molar-refractivity contribution in [3.05, 3.63) is 112 Å². The summed E-state index contributed by atoms with van der Waals surface area (Å²) in [5.41, 5.74) is 2.56. The van der Waals surface area contributed by atoms with Gasteiger partial charge >= 0.3 is 5.24 Å². The van der Waals surface area contributed by atoms with Crippen LogP contribution in [-0.2, 0) is 14.3 Å². The van der Waals surface area contributed by atoms with E-state index in [0.29, 0.717) is 12.1 Å². The highest BCUT2D eigenvalue weighted by Crippen LogP contribution is 2.65. The Labute approximate surface area is 194 Å². The van der Waals surface area contributed by atoms with Crippen LogP contribution in [0.5, 0.6) is 0 Å². The van der Waals surface area contributed by atoms with Gasteiger partial charge in [0.1, 0.15) is 12.2 Å². The van der Waals surface area contributed by atoms with E-state index in [2.05, 4.69) is 0 Å². The highest BCUT2D eigenvalue weighted by molar-refractivity contribution is 8.00. The van der Waals surface area contributed by atoms with Crippen LogP contribution in [0, 0.1) is 16.0 Å². The third-order valence-corrected chi connectivity index (χ3v) is 7.96. The molecule has 8 heteroatoms. The summed E-state index contributed by atoms with van der Waals surface area (Å²) in [7, 11) is 0. The summed E-state index contributed by atoms with van der Waals surface area (Å²) in [5, 5.41) is 9.89. The van der Waals surface area contributed by atoms with Crippen LogP contribution in [0.2, 0.25) is 0 Å². The summed E-state index contributed by atoms with van der Waals surface area (Å²) >= 11 is 1.49. The monoisotopic (exact) mass is 460 g/mol. The molecule has 4 aliphatic rings. The molecule has 3 aromatic rings. The van der Waals surface area contributed by atoms with Gasteiger partial charge in [0.15, 0.2) is 0 Å². The second-order valence-electron chi connectivity index (χ2n) is 8.36. The average molecular weight is 461 g/mol. The molecule has 0 unspecified atom stereocenters. The Balaban J connectivity index is 1.44. The zero-order valence-electron chi connectivity index (χ0n) is 17.4. The predicted molar refractivity (Wildman–Crippen MR) is 122 cm³/mol.